The summed E-state index contributed by atoms with van der Waals surface area (Å²) in [6.07, 6.45) is 9.43. The molecule has 2 nitrogen and oxygen atoms in total. The van der Waals surface area contributed by atoms with Crippen LogP contribution in [0.2, 0.25) is 18.1 Å². The minimum Gasteiger partial charge on any atom is -0.474 e. The molecule has 0 aliphatic heterocycles. The van der Waals surface area contributed by atoms with E-state index in [1.165, 1.54) is 62.0 Å². The van der Waals surface area contributed by atoms with E-state index in [9.17, 15) is 5.11 Å². The molecule has 0 bridgehead atoms. The number of hydrogen-bond acceptors (Lipinski definition) is 2. The molecule has 1 heterocycles. The summed E-state index contributed by atoms with van der Waals surface area (Å²) in [6.45, 7) is 6.95. The molecule has 20 heavy (non-hydrogen) atoms. The number of aliphatic hydroxyl groups is 1. The monoisotopic (exact) mass is 296 g/mol. The lowest BCUT2D eigenvalue weighted by molar-refractivity contribution is 0.282. The molecular formula is C17H32O2Si. The van der Waals surface area contributed by atoms with Crippen LogP contribution in [0.1, 0.15) is 64.9 Å². The Labute approximate surface area is 125 Å². The molecule has 3 heteroatoms. The smallest absolute Gasteiger partial charge is 0.132 e. The number of unbranched alkanes of at least 4 members (excludes halogenated alkanes) is 3. The number of hydrogen-bond donors (Lipinski definition) is 1. The summed E-state index contributed by atoms with van der Waals surface area (Å²) < 4.78 is 5.91. The van der Waals surface area contributed by atoms with Crippen LogP contribution >= 0.6 is 0 Å². The van der Waals surface area contributed by atoms with Crippen molar-refractivity contribution in [1.82, 2.24) is 0 Å². The maximum Gasteiger partial charge on any atom is 0.132 e. The van der Waals surface area contributed by atoms with E-state index >= 15 is 0 Å². The Morgan fingerprint density at radius 2 is 1.45 bits per heavy atom. The van der Waals surface area contributed by atoms with E-state index in [0.29, 0.717) is 0 Å². The molecule has 0 saturated heterocycles. The lowest BCUT2D eigenvalue weighted by Gasteiger charge is -2.31. The molecular weight excluding hydrogens is 264 g/mol. The second-order valence-corrected chi connectivity index (χ2v) is 10.5. The Balaban J connectivity index is 3.04. The molecule has 0 aliphatic carbocycles. The average molecular weight is 297 g/mol. The molecule has 0 amide bonds. The molecule has 0 spiro atoms. The van der Waals surface area contributed by atoms with E-state index in [1.807, 2.05) is 6.07 Å². The van der Waals surface area contributed by atoms with Gasteiger partial charge in [-0.15, -0.1) is 0 Å². The average Bonchev–Trinajstić information content (AvgIpc) is 2.96. The predicted molar refractivity (Wildman–Crippen MR) is 89.2 cm³/mol. The van der Waals surface area contributed by atoms with Crippen LogP contribution in [0.15, 0.2) is 16.7 Å². The zero-order valence-corrected chi connectivity index (χ0v) is 14.6. The van der Waals surface area contributed by atoms with Crippen molar-refractivity contribution in [3.05, 3.63) is 17.9 Å². The van der Waals surface area contributed by atoms with Crippen molar-refractivity contribution in [3.63, 3.8) is 0 Å². The van der Waals surface area contributed by atoms with Gasteiger partial charge in [-0.25, -0.2) is 0 Å². The van der Waals surface area contributed by atoms with Crippen molar-refractivity contribution in [2.75, 3.05) is 0 Å². The fraction of sp³-hybridized carbons (Fsp3) is 0.765. The van der Waals surface area contributed by atoms with Gasteiger partial charge in [-0.1, -0.05) is 77.4 Å². The van der Waals surface area contributed by atoms with Crippen molar-refractivity contribution >= 4 is 13.5 Å². The van der Waals surface area contributed by atoms with Gasteiger partial charge in [0, 0.05) is 5.56 Å². The van der Waals surface area contributed by atoms with Gasteiger partial charge < -0.3 is 9.52 Å². The summed E-state index contributed by atoms with van der Waals surface area (Å²) in [7, 11) is -1.57. The predicted octanol–water partition coefficient (Wildman–Crippen LogP) is 4.83. The lowest BCUT2D eigenvalue weighted by Crippen LogP contribution is -2.48. The van der Waals surface area contributed by atoms with E-state index in [-0.39, 0.29) is 6.61 Å². The summed E-state index contributed by atoms with van der Waals surface area (Å²) in [5.74, 6) is 0. The highest BCUT2D eigenvalue weighted by molar-refractivity contribution is 6.91. The second kappa shape index (κ2) is 9.40. The van der Waals surface area contributed by atoms with Gasteiger partial charge in [-0.3, -0.25) is 0 Å². The second-order valence-electron chi connectivity index (χ2n) is 6.02. The van der Waals surface area contributed by atoms with Crippen LogP contribution in [-0.2, 0) is 6.61 Å². The minimum atomic E-state index is -1.57. The third-order valence-electron chi connectivity index (χ3n) is 4.43. The third-order valence-corrected chi connectivity index (χ3v) is 9.76. The highest BCUT2D eigenvalue weighted by atomic mass is 28.3. The summed E-state index contributed by atoms with van der Waals surface area (Å²) in [5.41, 5.74) is 1.06. The Morgan fingerprint density at radius 1 is 0.950 bits per heavy atom. The standard InChI is InChI=1S/C17H32O2Si/c1-4-7-12-20(13-8-5-2,14-9-6-3)17-16(15-18)10-11-19-17/h10-11,18H,4-9,12-15H2,1-3H3. The minimum absolute atomic E-state index is 0.130. The molecule has 0 aliphatic rings. The first-order valence-corrected chi connectivity index (χ1v) is 11.0. The molecule has 1 N–H and O–H groups in total. The van der Waals surface area contributed by atoms with Crippen LogP contribution in [-0.4, -0.2) is 13.2 Å². The summed E-state index contributed by atoms with van der Waals surface area (Å²) in [4.78, 5) is 0. The number of rotatable bonds is 11. The van der Waals surface area contributed by atoms with Gasteiger partial charge in [0.25, 0.3) is 0 Å². The SMILES string of the molecule is CCCC[Si](CCCC)(CCCC)c1occc1CO. The third kappa shape index (κ3) is 4.49. The number of furan rings is 1. The summed E-state index contributed by atoms with van der Waals surface area (Å²) in [5, 5.41) is 10.8. The van der Waals surface area contributed by atoms with Crippen LogP contribution in [0.25, 0.3) is 0 Å². The van der Waals surface area contributed by atoms with Crippen molar-refractivity contribution in [1.29, 1.82) is 0 Å². The molecule has 0 saturated carbocycles. The molecule has 1 rings (SSSR count). The topological polar surface area (TPSA) is 33.4 Å². The molecule has 1 aromatic rings. The normalized spacial score (nSPS) is 12.0. The van der Waals surface area contributed by atoms with Gasteiger partial charge in [-0.2, -0.15) is 0 Å². The molecule has 0 fully saturated rings. The van der Waals surface area contributed by atoms with E-state index in [1.54, 1.807) is 6.26 Å². The van der Waals surface area contributed by atoms with Gasteiger partial charge in [-0.05, 0) is 6.07 Å². The molecule has 0 aromatic carbocycles. The first-order chi connectivity index (χ1) is 9.74. The molecule has 1 aromatic heterocycles. The maximum atomic E-state index is 9.61. The quantitative estimate of drug-likeness (QED) is 0.593. The van der Waals surface area contributed by atoms with Crippen LogP contribution < -0.4 is 5.38 Å². The van der Waals surface area contributed by atoms with Crippen molar-refractivity contribution in [3.8, 4) is 0 Å². The highest BCUT2D eigenvalue weighted by Crippen LogP contribution is 2.29. The Morgan fingerprint density at radius 3 is 1.85 bits per heavy atom. The van der Waals surface area contributed by atoms with Crippen molar-refractivity contribution < 1.29 is 9.52 Å². The van der Waals surface area contributed by atoms with E-state index in [4.69, 9.17) is 4.42 Å². The number of aliphatic hydroxyl groups excluding tert-OH is 1. The van der Waals surface area contributed by atoms with Crippen LogP contribution in [0, 0.1) is 0 Å². The fourth-order valence-corrected chi connectivity index (χ4v) is 8.87. The maximum absolute atomic E-state index is 9.61. The zero-order chi connectivity index (χ0) is 14.8. The first-order valence-electron chi connectivity index (χ1n) is 8.41. The first kappa shape index (κ1) is 17.5. The fourth-order valence-electron chi connectivity index (χ4n) is 3.19. The molecule has 0 unspecified atom stereocenters. The van der Waals surface area contributed by atoms with E-state index < -0.39 is 8.07 Å². The van der Waals surface area contributed by atoms with E-state index in [0.717, 1.165) is 5.56 Å². The molecule has 0 radical (unpaired) electrons. The van der Waals surface area contributed by atoms with E-state index in [2.05, 4.69) is 20.8 Å². The van der Waals surface area contributed by atoms with Crippen molar-refractivity contribution in [2.24, 2.45) is 0 Å². The van der Waals surface area contributed by atoms with Gasteiger partial charge in [0.05, 0.1) is 18.3 Å². The largest absolute Gasteiger partial charge is 0.474 e. The summed E-state index contributed by atoms with van der Waals surface area (Å²) in [6, 6.07) is 5.94. The van der Waals surface area contributed by atoms with Crippen molar-refractivity contribution in [2.45, 2.75) is 84.0 Å². The van der Waals surface area contributed by atoms with Crippen LogP contribution in [0.5, 0.6) is 0 Å². The lowest BCUT2D eigenvalue weighted by atomic mass is 10.4. The Bertz CT molecular complexity index is 338. The summed E-state index contributed by atoms with van der Waals surface area (Å²) >= 11 is 0. The van der Waals surface area contributed by atoms with Crippen LogP contribution in [0.4, 0.5) is 0 Å². The van der Waals surface area contributed by atoms with Gasteiger partial charge >= 0.3 is 0 Å². The van der Waals surface area contributed by atoms with Gasteiger partial charge in [0.1, 0.15) is 8.07 Å². The zero-order valence-electron chi connectivity index (χ0n) is 13.6. The molecule has 0 atom stereocenters. The highest BCUT2D eigenvalue weighted by Gasteiger charge is 2.38. The van der Waals surface area contributed by atoms with Crippen LogP contribution in [0.3, 0.4) is 0 Å². The Kier molecular flexibility index (Phi) is 8.23. The van der Waals surface area contributed by atoms with Gasteiger partial charge in [0.2, 0.25) is 0 Å². The van der Waals surface area contributed by atoms with Gasteiger partial charge in [0.15, 0.2) is 0 Å². The Hall–Kier alpha value is -0.543. The molecule has 116 valence electrons.